The van der Waals surface area contributed by atoms with Gasteiger partial charge in [-0.2, -0.15) is 0 Å². The second kappa shape index (κ2) is 7.39. The Balaban J connectivity index is 1.62. The fourth-order valence-corrected chi connectivity index (χ4v) is 2.13. The third-order valence-electron chi connectivity index (χ3n) is 3.07. The van der Waals surface area contributed by atoms with Crippen molar-refractivity contribution < 1.29 is 9.47 Å². The molecule has 0 aromatic heterocycles. The summed E-state index contributed by atoms with van der Waals surface area (Å²) in [6.45, 7) is 6.65. The average molecular weight is 249 g/mol. The number of fused-ring (bicyclic) bond motifs is 1. The maximum Gasteiger partial charge on any atom is 0.122 e. The Morgan fingerprint density at radius 2 is 2.28 bits per heavy atom. The molecule has 3 nitrogen and oxygen atoms in total. The molecule has 1 aromatic carbocycles. The van der Waals surface area contributed by atoms with Gasteiger partial charge in [0.1, 0.15) is 5.75 Å². The highest BCUT2D eigenvalue weighted by molar-refractivity contribution is 5.39. The third-order valence-corrected chi connectivity index (χ3v) is 3.07. The first kappa shape index (κ1) is 13.4. The Labute approximate surface area is 109 Å². The summed E-state index contributed by atoms with van der Waals surface area (Å²) < 4.78 is 10.9. The van der Waals surface area contributed by atoms with Crippen molar-refractivity contribution in [2.24, 2.45) is 0 Å². The Kier molecular flexibility index (Phi) is 5.49. The van der Waals surface area contributed by atoms with Crippen LogP contribution < -0.4 is 10.1 Å². The largest absolute Gasteiger partial charge is 0.493 e. The van der Waals surface area contributed by atoms with Gasteiger partial charge in [0, 0.05) is 26.2 Å². The summed E-state index contributed by atoms with van der Waals surface area (Å²) in [7, 11) is 0. The zero-order valence-electron chi connectivity index (χ0n) is 11.2. The molecule has 3 heteroatoms. The van der Waals surface area contributed by atoms with Crippen LogP contribution in [0.4, 0.5) is 0 Å². The van der Waals surface area contributed by atoms with Gasteiger partial charge in [0.2, 0.25) is 0 Å². The third kappa shape index (κ3) is 4.00. The lowest BCUT2D eigenvalue weighted by molar-refractivity contribution is 0.132. The molecule has 18 heavy (non-hydrogen) atoms. The predicted molar refractivity (Wildman–Crippen MR) is 73.1 cm³/mol. The van der Waals surface area contributed by atoms with E-state index in [4.69, 9.17) is 9.47 Å². The van der Waals surface area contributed by atoms with Crippen molar-refractivity contribution in [3.05, 3.63) is 29.3 Å². The molecule has 0 spiro atoms. The highest BCUT2D eigenvalue weighted by atomic mass is 16.5. The van der Waals surface area contributed by atoms with Gasteiger partial charge in [-0.05, 0) is 36.6 Å². The molecule has 100 valence electrons. The summed E-state index contributed by atoms with van der Waals surface area (Å²) in [5.41, 5.74) is 2.69. The van der Waals surface area contributed by atoms with Crippen molar-refractivity contribution in [3.8, 4) is 5.75 Å². The second-order valence-corrected chi connectivity index (χ2v) is 4.68. The molecular weight excluding hydrogens is 226 g/mol. The molecule has 0 saturated carbocycles. The standard InChI is InChI=1S/C15H23NO2/c1-2-8-17-9-3-7-16-12-13-4-5-15-14(11-13)6-10-18-15/h4-5,11,16H,2-3,6-10,12H2,1H3. The molecule has 0 saturated heterocycles. The summed E-state index contributed by atoms with van der Waals surface area (Å²) in [4.78, 5) is 0. The number of rotatable bonds is 8. The Morgan fingerprint density at radius 1 is 1.33 bits per heavy atom. The molecule has 1 N–H and O–H groups in total. The fourth-order valence-electron chi connectivity index (χ4n) is 2.13. The highest BCUT2D eigenvalue weighted by Crippen LogP contribution is 2.25. The lowest BCUT2D eigenvalue weighted by Gasteiger charge is -2.07. The number of hydrogen-bond acceptors (Lipinski definition) is 3. The van der Waals surface area contributed by atoms with Gasteiger partial charge >= 0.3 is 0 Å². The highest BCUT2D eigenvalue weighted by Gasteiger charge is 2.11. The molecule has 0 radical (unpaired) electrons. The first-order chi connectivity index (χ1) is 8.90. The first-order valence-corrected chi connectivity index (χ1v) is 6.93. The van der Waals surface area contributed by atoms with E-state index in [2.05, 4.69) is 30.4 Å². The minimum Gasteiger partial charge on any atom is -0.493 e. The summed E-state index contributed by atoms with van der Waals surface area (Å²) >= 11 is 0. The van der Waals surface area contributed by atoms with Crippen LogP contribution in [0.25, 0.3) is 0 Å². The van der Waals surface area contributed by atoms with Crippen LogP contribution in [0.2, 0.25) is 0 Å². The van der Waals surface area contributed by atoms with E-state index in [9.17, 15) is 0 Å². The molecule has 0 bridgehead atoms. The van der Waals surface area contributed by atoms with Gasteiger partial charge in [-0.25, -0.2) is 0 Å². The van der Waals surface area contributed by atoms with Gasteiger partial charge in [-0.1, -0.05) is 19.1 Å². The van der Waals surface area contributed by atoms with Gasteiger partial charge in [-0.3, -0.25) is 0 Å². The molecule has 1 aromatic rings. The predicted octanol–water partition coefficient (Wildman–Crippen LogP) is 2.53. The van der Waals surface area contributed by atoms with E-state index in [0.717, 1.165) is 57.9 Å². The maximum atomic E-state index is 5.50. The Morgan fingerprint density at radius 3 is 3.17 bits per heavy atom. The van der Waals surface area contributed by atoms with E-state index in [1.807, 2.05) is 0 Å². The minimum absolute atomic E-state index is 0.834. The first-order valence-electron chi connectivity index (χ1n) is 6.93. The van der Waals surface area contributed by atoms with Crippen molar-refractivity contribution in [1.29, 1.82) is 0 Å². The fraction of sp³-hybridized carbons (Fsp3) is 0.600. The number of ether oxygens (including phenoxy) is 2. The van der Waals surface area contributed by atoms with Crippen molar-refractivity contribution in [2.75, 3.05) is 26.4 Å². The summed E-state index contributed by atoms with van der Waals surface area (Å²) in [5.74, 6) is 1.06. The normalized spacial score (nSPS) is 13.4. The molecular formula is C15H23NO2. The molecule has 2 rings (SSSR count). The van der Waals surface area contributed by atoms with Crippen molar-refractivity contribution in [3.63, 3.8) is 0 Å². The smallest absolute Gasteiger partial charge is 0.122 e. The van der Waals surface area contributed by atoms with Gasteiger partial charge in [-0.15, -0.1) is 0 Å². The summed E-state index contributed by atoms with van der Waals surface area (Å²) in [5, 5.41) is 3.45. The molecule has 0 amide bonds. The molecule has 1 heterocycles. The van der Waals surface area contributed by atoms with Crippen LogP contribution in [0.3, 0.4) is 0 Å². The van der Waals surface area contributed by atoms with E-state index < -0.39 is 0 Å². The zero-order chi connectivity index (χ0) is 12.6. The number of hydrogen-bond donors (Lipinski definition) is 1. The monoisotopic (exact) mass is 249 g/mol. The number of nitrogens with one attached hydrogen (secondary N) is 1. The van der Waals surface area contributed by atoms with E-state index in [1.165, 1.54) is 11.1 Å². The van der Waals surface area contributed by atoms with E-state index in [0.29, 0.717) is 0 Å². The van der Waals surface area contributed by atoms with Crippen LogP contribution in [0.15, 0.2) is 18.2 Å². The summed E-state index contributed by atoms with van der Waals surface area (Å²) in [6.07, 6.45) is 3.23. The second-order valence-electron chi connectivity index (χ2n) is 4.68. The van der Waals surface area contributed by atoms with Crippen LogP contribution in [0.5, 0.6) is 5.75 Å². The molecule has 0 fully saturated rings. The molecule has 0 unspecified atom stereocenters. The molecule has 0 aliphatic carbocycles. The van der Waals surface area contributed by atoms with Gasteiger partial charge in [0.05, 0.1) is 6.61 Å². The minimum atomic E-state index is 0.834. The van der Waals surface area contributed by atoms with Crippen molar-refractivity contribution in [1.82, 2.24) is 5.32 Å². The summed E-state index contributed by atoms with van der Waals surface area (Å²) in [6, 6.07) is 6.48. The lowest BCUT2D eigenvalue weighted by Crippen LogP contribution is -2.16. The Hall–Kier alpha value is -1.06. The zero-order valence-corrected chi connectivity index (χ0v) is 11.2. The quantitative estimate of drug-likeness (QED) is 0.718. The SMILES string of the molecule is CCCOCCCNCc1ccc2c(c1)CCO2. The van der Waals surface area contributed by atoms with Gasteiger partial charge < -0.3 is 14.8 Å². The van der Waals surface area contributed by atoms with Crippen LogP contribution in [-0.4, -0.2) is 26.4 Å². The van der Waals surface area contributed by atoms with Crippen LogP contribution in [0.1, 0.15) is 30.9 Å². The van der Waals surface area contributed by atoms with Gasteiger partial charge in [0.25, 0.3) is 0 Å². The lowest BCUT2D eigenvalue weighted by atomic mass is 10.1. The topological polar surface area (TPSA) is 30.5 Å². The van der Waals surface area contributed by atoms with E-state index in [-0.39, 0.29) is 0 Å². The maximum absolute atomic E-state index is 5.50. The van der Waals surface area contributed by atoms with E-state index in [1.54, 1.807) is 0 Å². The van der Waals surface area contributed by atoms with Crippen LogP contribution in [0, 0.1) is 0 Å². The molecule has 1 aliphatic heterocycles. The Bertz CT molecular complexity index is 366. The van der Waals surface area contributed by atoms with Crippen molar-refractivity contribution in [2.45, 2.75) is 32.7 Å². The van der Waals surface area contributed by atoms with Crippen LogP contribution in [-0.2, 0) is 17.7 Å². The van der Waals surface area contributed by atoms with E-state index >= 15 is 0 Å². The van der Waals surface area contributed by atoms with Crippen molar-refractivity contribution >= 4 is 0 Å². The average Bonchev–Trinajstić information content (AvgIpc) is 2.85. The molecule has 1 aliphatic rings. The number of benzene rings is 1. The van der Waals surface area contributed by atoms with Crippen LogP contribution >= 0.6 is 0 Å². The molecule has 0 atom stereocenters. The van der Waals surface area contributed by atoms with Gasteiger partial charge in [0.15, 0.2) is 0 Å².